The summed E-state index contributed by atoms with van der Waals surface area (Å²) in [6.45, 7) is 3.74. The van der Waals surface area contributed by atoms with E-state index in [2.05, 4.69) is 5.32 Å². The van der Waals surface area contributed by atoms with Gasteiger partial charge in [-0.25, -0.2) is 0 Å². The van der Waals surface area contributed by atoms with Crippen LogP contribution >= 0.6 is 0 Å². The summed E-state index contributed by atoms with van der Waals surface area (Å²) >= 11 is 0. The third-order valence-corrected chi connectivity index (χ3v) is 4.20. The Hall–Kier alpha value is -1.47. The SMILES string of the molecule is CCOc1ccc(NC2CCN(CCC(F)(F)F)CC2)cc1CO. The molecular weight excluding hydrogens is 321 g/mol. The first kappa shape index (κ1) is 18.9. The molecule has 0 atom stereocenters. The van der Waals surface area contributed by atoms with Gasteiger partial charge in [-0.2, -0.15) is 13.2 Å². The molecule has 7 heteroatoms. The highest BCUT2D eigenvalue weighted by molar-refractivity contribution is 5.51. The Balaban J connectivity index is 1.83. The molecule has 1 saturated heterocycles. The maximum absolute atomic E-state index is 12.3. The lowest BCUT2D eigenvalue weighted by atomic mass is 10.0. The Morgan fingerprint density at radius 1 is 1.29 bits per heavy atom. The summed E-state index contributed by atoms with van der Waals surface area (Å²) < 4.78 is 42.2. The second kappa shape index (κ2) is 8.58. The van der Waals surface area contributed by atoms with Crippen LogP contribution < -0.4 is 10.1 Å². The van der Waals surface area contributed by atoms with Gasteiger partial charge in [-0.05, 0) is 38.0 Å². The quantitative estimate of drug-likeness (QED) is 0.794. The van der Waals surface area contributed by atoms with Gasteiger partial charge in [0.2, 0.25) is 0 Å². The molecule has 136 valence electrons. The van der Waals surface area contributed by atoms with Gasteiger partial charge >= 0.3 is 6.18 Å². The molecule has 24 heavy (non-hydrogen) atoms. The lowest BCUT2D eigenvalue weighted by molar-refractivity contribution is -0.138. The predicted molar refractivity (Wildman–Crippen MR) is 87.3 cm³/mol. The highest BCUT2D eigenvalue weighted by Gasteiger charge is 2.29. The number of alkyl halides is 3. The van der Waals surface area contributed by atoms with E-state index in [0.717, 1.165) is 24.1 Å². The van der Waals surface area contributed by atoms with E-state index >= 15 is 0 Å². The number of likely N-dealkylation sites (tertiary alicyclic amines) is 1. The van der Waals surface area contributed by atoms with Gasteiger partial charge in [0, 0.05) is 36.9 Å². The van der Waals surface area contributed by atoms with Crippen molar-refractivity contribution in [3.8, 4) is 5.75 Å². The molecule has 1 fully saturated rings. The predicted octanol–water partition coefficient (Wildman–Crippen LogP) is 3.41. The van der Waals surface area contributed by atoms with Crippen molar-refractivity contribution in [3.05, 3.63) is 23.8 Å². The van der Waals surface area contributed by atoms with Gasteiger partial charge in [0.05, 0.1) is 19.6 Å². The molecule has 0 spiro atoms. The number of hydrogen-bond donors (Lipinski definition) is 2. The van der Waals surface area contributed by atoms with Crippen molar-refractivity contribution in [1.82, 2.24) is 4.90 Å². The van der Waals surface area contributed by atoms with Gasteiger partial charge in [0.15, 0.2) is 0 Å². The summed E-state index contributed by atoms with van der Waals surface area (Å²) in [6.07, 6.45) is -3.22. The molecule has 2 rings (SSSR count). The van der Waals surface area contributed by atoms with E-state index in [1.54, 1.807) is 0 Å². The zero-order chi connectivity index (χ0) is 17.6. The lowest BCUT2D eigenvalue weighted by Gasteiger charge is -2.33. The number of aliphatic hydroxyl groups is 1. The molecule has 0 radical (unpaired) electrons. The summed E-state index contributed by atoms with van der Waals surface area (Å²) in [5.74, 6) is 0.674. The maximum Gasteiger partial charge on any atom is 0.390 e. The summed E-state index contributed by atoms with van der Waals surface area (Å²) in [4.78, 5) is 1.86. The average Bonchev–Trinajstić information content (AvgIpc) is 2.55. The van der Waals surface area contributed by atoms with Gasteiger partial charge in [-0.3, -0.25) is 0 Å². The minimum absolute atomic E-state index is 0.0773. The van der Waals surface area contributed by atoms with Crippen molar-refractivity contribution in [1.29, 1.82) is 0 Å². The minimum atomic E-state index is -4.09. The number of benzene rings is 1. The molecule has 1 heterocycles. The van der Waals surface area contributed by atoms with E-state index in [0.29, 0.717) is 25.4 Å². The first-order chi connectivity index (χ1) is 11.4. The fraction of sp³-hybridized carbons (Fsp3) is 0.647. The summed E-state index contributed by atoms with van der Waals surface area (Å²) in [5.41, 5.74) is 1.63. The van der Waals surface area contributed by atoms with Crippen molar-refractivity contribution in [2.45, 2.75) is 45.0 Å². The zero-order valence-corrected chi connectivity index (χ0v) is 13.9. The van der Waals surface area contributed by atoms with Crippen molar-refractivity contribution < 1.29 is 23.0 Å². The normalized spacial score (nSPS) is 17.0. The molecule has 1 aromatic carbocycles. The number of halogens is 3. The number of rotatable bonds is 7. The summed E-state index contributed by atoms with van der Waals surface area (Å²) in [7, 11) is 0. The second-order valence-corrected chi connectivity index (χ2v) is 6.04. The van der Waals surface area contributed by atoms with Crippen LogP contribution in [0.2, 0.25) is 0 Å². The first-order valence-electron chi connectivity index (χ1n) is 8.33. The Bertz CT molecular complexity index is 515. The molecule has 1 aromatic rings. The summed E-state index contributed by atoms with van der Waals surface area (Å²) in [6, 6.07) is 5.83. The zero-order valence-electron chi connectivity index (χ0n) is 13.9. The van der Waals surface area contributed by atoms with E-state index in [4.69, 9.17) is 4.74 Å². The molecule has 0 unspecified atom stereocenters. The lowest BCUT2D eigenvalue weighted by Crippen LogP contribution is -2.40. The van der Waals surface area contributed by atoms with Crippen LogP contribution in [0.15, 0.2) is 18.2 Å². The van der Waals surface area contributed by atoms with Crippen LogP contribution in [-0.4, -0.2) is 48.5 Å². The van der Waals surface area contributed by atoms with Crippen molar-refractivity contribution in [2.24, 2.45) is 0 Å². The van der Waals surface area contributed by atoms with Gasteiger partial charge in [0.25, 0.3) is 0 Å². The summed E-state index contributed by atoms with van der Waals surface area (Å²) in [5, 5.41) is 12.8. The number of nitrogens with one attached hydrogen (secondary N) is 1. The van der Waals surface area contributed by atoms with Crippen LogP contribution in [0.5, 0.6) is 5.75 Å². The standard InChI is InChI=1S/C17H25F3N2O2/c1-2-24-16-4-3-15(11-13(16)12-23)21-14-5-8-22(9-6-14)10-7-17(18,19)20/h3-4,11,14,21,23H,2,5-10,12H2,1H3. The number of nitrogens with zero attached hydrogens (tertiary/aromatic N) is 1. The number of piperidine rings is 1. The fourth-order valence-corrected chi connectivity index (χ4v) is 2.91. The van der Waals surface area contributed by atoms with Gasteiger partial charge < -0.3 is 20.1 Å². The maximum atomic E-state index is 12.3. The molecule has 0 amide bonds. The monoisotopic (exact) mass is 346 g/mol. The number of ether oxygens (including phenoxy) is 1. The topological polar surface area (TPSA) is 44.7 Å². The van der Waals surface area contributed by atoms with Crippen LogP contribution in [0.25, 0.3) is 0 Å². The molecule has 0 bridgehead atoms. The molecule has 1 aliphatic heterocycles. The van der Waals surface area contributed by atoms with Gasteiger partial charge in [0.1, 0.15) is 5.75 Å². The molecule has 0 aliphatic carbocycles. The molecule has 2 N–H and O–H groups in total. The van der Waals surface area contributed by atoms with Crippen LogP contribution in [0.3, 0.4) is 0 Å². The molecule has 4 nitrogen and oxygen atoms in total. The van der Waals surface area contributed by atoms with E-state index in [9.17, 15) is 18.3 Å². The Kier molecular flexibility index (Phi) is 6.74. The number of hydrogen-bond acceptors (Lipinski definition) is 4. The minimum Gasteiger partial charge on any atom is -0.494 e. The van der Waals surface area contributed by atoms with Crippen LogP contribution in [0.4, 0.5) is 18.9 Å². The Morgan fingerprint density at radius 3 is 2.58 bits per heavy atom. The van der Waals surface area contributed by atoms with Crippen LogP contribution in [0.1, 0.15) is 31.7 Å². The number of anilines is 1. The second-order valence-electron chi connectivity index (χ2n) is 6.04. The van der Waals surface area contributed by atoms with Crippen molar-refractivity contribution in [3.63, 3.8) is 0 Å². The number of aliphatic hydroxyl groups excluding tert-OH is 1. The molecule has 1 aliphatic rings. The van der Waals surface area contributed by atoms with Crippen molar-refractivity contribution >= 4 is 5.69 Å². The van der Waals surface area contributed by atoms with Crippen LogP contribution in [0, 0.1) is 0 Å². The largest absolute Gasteiger partial charge is 0.494 e. The molecule has 0 saturated carbocycles. The average molecular weight is 346 g/mol. The Morgan fingerprint density at radius 2 is 2.00 bits per heavy atom. The van der Waals surface area contributed by atoms with Crippen LogP contribution in [-0.2, 0) is 6.61 Å². The molecular formula is C17H25F3N2O2. The molecule has 0 aromatic heterocycles. The van der Waals surface area contributed by atoms with E-state index < -0.39 is 12.6 Å². The fourth-order valence-electron chi connectivity index (χ4n) is 2.91. The first-order valence-corrected chi connectivity index (χ1v) is 8.33. The van der Waals surface area contributed by atoms with E-state index in [1.807, 2.05) is 30.0 Å². The smallest absolute Gasteiger partial charge is 0.390 e. The third-order valence-electron chi connectivity index (χ3n) is 4.20. The highest BCUT2D eigenvalue weighted by Crippen LogP contribution is 2.25. The van der Waals surface area contributed by atoms with Gasteiger partial charge in [-0.15, -0.1) is 0 Å². The van der Waals surface area contributed by atoms with E-state index in [1.165, 1.54) is 0 Å². The van der Waals surface area contributed by atoms with Crippen molar-refractivity contribution in [2.75, 3.05) is 31.6 Å². The Labute approximate surface area is 140 Å². The van der Waals surface area contributed by atoms with E-state index in [-0.39, 0.29) is 19.2 Å². The third kappa shape index (κ3) is 5.87. The highest BCUT2D eigenvalue weighted by atomic mass is 19.4. The van der Waals surface area contributed by atoms with Gasteiger partial charge in [-0.1, -0.05) is 0 Å².